The summed E-state index contributed by atoms with van der Waals surface area (Å²) in [6.45, 7) is 1.99. The van der Waals surface area contributed by atoms with E-state index in [9.17, 15) is 8.78 Å². The minimum Gasteiger partial charge on any atom is -0.375 e. The SMILES string of the molecule is Cc1nccc(CNc2c(F)cc(Br)cc2F)n1. The van der Waals surface area contributed by atoms with Gasteiger partial charge in [-0.1, -0.05) is 15.9 Å². The zero-order valence-electron chi connectivity index (χ0n) is 9.54. The number of halogens is 3. The van der Waals surface area contributed by atoms with E-state index in [4.69, 9.17) is 0 Å². The number of rotatable bonds is 3. The molecule has 2 aromatic rings. The van der Waals surface area contributed by atoms with E-state index in [-0.39, 0.29) is 12.2 Å². The summed E-state index contributed by atoms with van der Waals surface area (Å²) in [7, 11) is 0. The zero-order chi connectivity index (χ0) is 13.1. The van der Waals surface area contributed by atoms with E-state index in [2.05, 4.69) is 31.2 Å². The summed E-state index contributed by atoms with van der Waals surface area (Å²) in [4.78, 5) is 8.09. The minimum absolute atomic E-state index is 0.158. The van der Waals surface area contributed by atoms with Crippen molar-refractivity contribution in [1.29, 1.82) is 0 Å². The summed E-state index contributed by atoms with van der Waals surface area (Å²) in [6.07, 6.45) is 1.60. The zero-order valence-corrected chi connectivity index (χ0v) is 11.1. The molecule has 1 N–H and O–H groups in total. The summed E-state index contributed by atoms with van der Waals surface area (Å²) in [5, 5.41) is 2.69. The van der Waals surface area contributed by atoms with E-state index in [1.165, 1.54) is 12.1 Å². The van der Waals surface area contributed by atoms with Crippen LogP contribution in [0.25, 0.3) is 0 Å². The lowest BCUT2D eigenvalue weighted by molar-refractivity contribution is 0.586. The van der Waals surface area contributed by atoms with Crippen LogP contribution in [0.2, 0.25) is 0 Å². The Bertz CT molecular complexity index is 552. The van der Waals surface area contributed by atoms with E-state index in [0.717, 1.165) is 0 Å². The normalized spacial score (nSPS) is 10.4. The van der Waals surface area contributed by atoms with Gasteiger partial charge in [0.15, 0.2) is 0 Å². The molecule has 0 saturated heterocycles. The van der Waals surface area contributed by atoms with Gasteiger partial charge in [0.1, 0.15) is 23.1 Å². The van der Waals surface area contributed by atoms with E-state index in [0.29, 0.717) is 16.0 Å². The largest absolute Gasteiger partial charge is 0.375 e. The molecule has 0 spiro atoms. The molecule has 0 aliphatic heterocycles. The summed E-state index contributed by atoms with van der Waals surface area (Å²) < 4.78 is 27.4. The number of anilines is 1. The van der Waals surface area contributed by atoms with Crippen LogP contribution in [0.3, 0.4) is 0 Å². The van der Waals surface area contributed by atoms with Gasteiger partial charge in [-0.05, 0) is 25.1 Å². The van der Waals surface area contributed by atoms with Crippen molar-refractivity contribution in [2.75, 3.05) is 5.32 Å². The van der Waals surface area contributed by atoms with Gasteiger partial charge >= 0.3 is 0 Å². The fourth-order valence-corrected chi connectivity index (χ4v) is 1.90. The maximum absolute atomic E-state index is 13.5. The maximum atomic E-state index is 13.5. The van der Waals surface area contributed by atoms with E-state index < -0.39 is 11.6 Å². The van der Waals surface area contributed by atoms with Crippen molar-refractivity contribution in [3.63, 3.8) is 0 Å². The van der Waals surface area contributed by atoms with Crippen molar-refractivity contribution in [1.82, 2.24) is 9.97 Å². The van der Waals surface area contributed by atoms with Gasteiger partial charge in [-0.15, -0.1) is 0 Å². The van der Waals surface area contributed by atoms with Crippen LogP contribution in [0.15, 0.2) is 28.9 Å². The first-order valence-corrected chi connectivity index (χ1v) is 6.02. The molecular weight excluding hydrogens is 304 g/mol. The predicted octanol–water partition coefficient (Wildman–Crippen LogP) is 3.44. The lowest BCUT2D eigenvalue weighted by Crippen LogP contribution is -2.06. The minimum atomic E-state index is -0.646. The third-order valence-electron chi connectivity index (χ3n) is 2.29. The highest BCUT2D eigenvalue weighted by Gasteiger charge is 2.10. The molecule has 3 nitrogen and oxygen atoms in total. The Morgan fingerprint density at radius 2 is 1.94 bits per heavy atom. The molecule has 0 aliphatic carbocycles. The number of aryl methyl sites for hydroxylation is 1. The van der Waals surface area contributed by atoms with E-state index in [1.807, 2.05) is 0 Å². The Morgan fingerprint density at radius 1 is 1.28 bits per heavy atom. The number of nitrogens with one attached hydrogen (secondary N) is 1. The van der Waals surface area contributed by atoms with Crippen molar-refractivity contribution in [2.45, 2.75) is 13.5 Å². The Labute approximate surface area is 111 Å². The molecule has 0 amide bonds. The van der Waals surface area contributed by atoms with E-state index in [1.54, 1.807) is 19.2 Å². The molecule has 0 aliphatic rings. The fraction of sp³-hybridized carbons (Fsp3) is 0.167. The van der Waals surface area contributed by atoms with Crippen LogP contribution in [0.4, 0.5) is 14.5 Å². The average Bonchev–Trinajstić information content (AvgIpc) is 2.27. The van der Waals surface area contributed by atoms with Gasteiger partial charge in [-0.25, -0.2) is 18.7 Å². The summed E-state index contributed by atoms with van der Waals surface area (Å²) in [5.41, 5.74) is 0.513. The standard InChI is InChI=1S/C12H10BrF2N3/c1-7-16-3-2-9(18-7)6-17-12-10(14)4-8(13)5-11(12)15/h2-5,17H,6H2,1H3. The molecule has 0 bridgehead atoms. The molecule has 6 heteroatoms. The van der Waals surface area contributed by atoms with Gasteiger partial charge in [0.05, 0.1) is 12.2 Å². The van der Waals surface area contributed by atoms with Gasteiger partial charge in [0.25, 0.3) is 0 Å². The van der Waals surface area contributed by atoms with Gasteiger partial charge in [-0.2, -0.15) is 0 Å². The van der Waals surface area contributed by atoms with Crippen LogP contribution >= 0.6 is 15.9 Å². The van der Waals surface area contributed by atoms with Gasteiger partial charge < -0.3 is 5.32 Å². The quantitative estimate of drug-likeness (QED) is 0.943. The van der Waals surface area contributed by atoms with Crippen LogP contribution in [0.1, 0.15) is 11.5 Å². The maximum Gasteiger partial charge on any atom is 0.150 e. The number of hydrogen-bond acceptors (Lipinski definition) is 3. The number of nitrogens with zero attached hydrogens (tertiary/aromatic N) is 2. The van der Waals surface area contributed by atoms with Gasteiger partial charge in [0.2, 0.25) is 0 Å². The van der Waals surface area contributed by atoms with Gasteiger partial charge in [-0.3, -0.25) is 0 Å². The lowest BCUT2D eigenvalue weighted by atomic mass is 10.2. The van der Waals surface area contributed by atoms with Crippen LogP contribution in [0, 0.1) is 18.6 Å². The summed E-state index contributed by atoms with van der Waals surface area (Å²) >= 11 is 3.02. The van der Waals surface area contributed by atoms with Gasteiger partial charge in [0, 0.05) is 10.7 Å². The molecule has 0 saturated carbocycles. The molecular formula is C12H10BrF2N3. The second kappa shape index (κ2) is 5.39. The first-order chi connectivity index (χ1) is 8.56. The third kappa shape index (κ3) is 3.01. The van der Waals surface area contributed by atoms with Crippen molar-refractivity contribution in [3.8, 4) is 0 Å². The highest BCUT2D eigenvalue weighted by Crippen LogP contribution is 2.24. The molecule has 1 aromatic heterocycles. The molecule has 18 heavy (non-hydrogen) atoms. The second-order valence-electron chi connectivity index (χ2n) is 3.69. The Kier molecular flexibility index (Phi) is 3.86. The number of hydrogen-bond donors (Lipinski definition) is 1. The average molecular weight is 314 g/mol. The molecule has 0 atom stereocenters. The third-order valence-corrected chi connectivity index (χ3v) is 2.74. The molecule has 0 fully saturated rings. The molecule has 2 rings (SSSR count). The lowest BCUT2D eigenvalue weighted by Gasteiger charge is -2.09. The summed E-state index contributed by atoms with van der Waals surface area (Å²) in [6, 6.07) is 4.10. The molecule has 0 radical (unpaired) electrons. The van der Waals surface area contributed by atoms with E-state index >= 15 is 0 Å². The smallest absolute Gasteiger partial charge is 0.150 e. The fourth-order valence-electron chi connectivity index (χ4n) is 1.49. The Hall–Kier alpha value is -1.56. The topological polar surface area (TPSA) is 37.8 Å². The highest BCUT2D eigenvalue weighted by molar-refractivity contribution is 9.10. The second-order valence-corrected chi connectivity index (χ2v) is 4.61. The Balaban J connectivity index is 2.16. The van der Waals surface area contributed by atoms with Crippen LogP contribution < -0.4 is 5.32 Å². The molecule has 0 unspecified atom stereocenters. The molecule has 94 valence electrons. The summed E-state index contributed by atoms with van der Waals surface area (Å²) in [5.74, 6) is -0.675. The van der Waals surface area contributed by atoms with Crippen LogP contribution in [-0.4, -0.2) is 9.97 Å². The molecule has 1 heterocycles. The van der Waals surface area contributed by atoms with Crippen LogP contribution in [-0.2, 0) is 6.54 Å². The monoisotopic (exact) mass is 313 g/mol. The molecule has 1 aromatic carbocycles. The van der Waals surface area contributed by atoms with Crippen LogP contribution in [0.5, 0.6) is 0 Å². The van der Waals surface area contributed by atoms with Crippen molar-refractivity contribution in [2.24, 2.45) is 0 Å². The predicted molar refractivity (Wildman–Crippen MR) is 68.2 cm³/mol. The highest BCUT2D eigenvalue weighted by atomic mass is 79.9. The van der Waals surface area contributed by atoms with Crippen molar-refractivity contribution < 1.29 is 8.78 Å². The number of benzene rings is 1. The number of aromatic nitrogens is 2. The first kappa shape index (κ1) is 12.9. The van der Waals surface area contributed by atoms with Crippen molar-refractivity contribution >= 4 is 21.6 Å². The van der Waals surface area contributed by atoms with Crippen molar-refractivity contribution in [3.05, 3.63) is 52.0 Å². The Morgan fingerprint density at radius 3 is 2.56 bits per heavy atom. The first-order valence-electron chi connectivity index (χ1n) is 5.23.